The molecule has 126 valence electrons. The van der Waals surface area contributed by atoms with Gasteiger partial charge in [-0.05, 0) is 37.1 Å². The van der Waals surface area contributed by atoms with E-state index in [-0.39, 0.29) is 5.56 Å². The van der Waals surface area contributed by atoms with Gasteiger partial charge >= 0.3 is 0 Å². The van der Waals surface area contributed by atoms with Crippen LogP contribution < -0.4 is 15.8 Å². The van der Waals surface area contributed by atoms with Gasteiger partial charge in [0.1, 0.15) is 17.0 Å². The molecule has 0 atom stereocenters. The number of amides is 1. The van der Waals surface area contributed by atoms with E-state index >= 15 is 0 Å². The van der Waals surface area contributed by atoms with E-state index in [1.165, 1.54) is 23.4 Å². The molecule has 0 spiro atoms. The molecule has 4 heterocycles. The van der Waals surface area contributed by atoms with Crippen LogP contribution in [0.4, 0.5) is 11.5 Å². The zero-order valence-electron chi connectivity index (χ0n) is 13.6. The Morgan fingerprint density at radius 3 is 2.64 bits per heavy atom. The summed E-state index contributed by atoms with van der Waals surface area (Å²) < 4.78 is 1.35. The van der Waals surface area contributed by atoms with Gasteiger partial charge in [-0.3, -0.25) is 14.0 Å². The van der Waals surface area contributed by atoms with Crippen LogP contribution in [0.15, 0.2) is 53.7 Å². The van der Waals surface area contributed by atoms with Gasteiger partial charge in [-0.25, -0.2) is 9.97 Å². The van der Waals surface area contributed by atoms with Crippen molar-refractivity contribution in [2.24, 2.45) is 0 Å². The largest absolute Gasteiger partial charge is 0.357 e. The molecule has 0 unspecified atom stereocenters. The minimum atomic E-state index is -0.494. The number of nitrogens with zero attached hydrogens (tertiary/aromatic N) is 4. The molecule has 3 aromatic heterocycles. The second kappa shape index (κ2) is 6.35. The molecule has 0 radical (unpaired) electrons. The van der Waals surface area contributed by atoms with Crippen LogP contribution in [0.2, 0.25) is 0 Å². The van der Waals surface area contributed by atoms with Gasteiger partial charge < -0.3 is 10.2 Å². The Bertz CT molecular complexity index is 975. The lowest BCUT2D eigenvalue weighted by molar-refractivity contribution is 0.102. The normalized spacial score (nSPS) is 14.0. The molecule has 1 aliphatic rings. The first-order valence-electron chi connectivity index (χ1n) is 8.21. The molecule has 4 rings (SSSR count). The molecule has 0 aromatic carbocycles. The van der Waals surface area contributed by atoms with Crippen LogP contribution in [0.25, 0.3) is 5.65 Å². The number of carbonyl (C=O) groups excluding carboxylic acids is 1. The Morgan fingerprint density at radius 1 is 1.04 bits per heavy atom. The SMILES string of the molecule is O=C(Nc1ccc(N2CCCC2)nc1)c1cnc2ccccn2c1=O. The lowest BCUT2D eigenvalue weighted by Gasteiger charge is -2.16. The van der Waals surface area contributed by atoms with Crippen LogP contribution >= 0.6 is 0 Å². The Labute approximate surface area is 144 Å². The minimum absolute atomic E-state index is 0.00711. The number of fused-ring (bicyclic) bond motifs is 1. The fourth-order valence-corrected chi connectivity index (χ4v) is 2.97. The standard InChI is InChI=1S/C18H17N5O2/c24-17(14-12-20-16-5-1-2-10-23(16)18(14)25)21-13-6-7-15(19-11-13)22-8-3-4-9-22/h1-2,5-7,10-12H,3-4,8-9H2,(H,21,24). The minimum Gasteiger partial charge on any atom is -0.357 e. The number of pyridine rings is 2. The summed E-state index contributed by atoms with van der Waals surface area (Å²) in [6.07, 6.45) is 6.86. The molecule has 25 heavy (non-hydrogen) atoms. The number of aromatic nitrogens is 3. The van der Waals surface area contributed by atoms with Gasteiger partial charge in [0.15, 0.2) is 0 Å². The number of nitrogens with one attached hydrogen (secondary N) is 1. The molecule has 0 aliphatic carbocycles. The topological polar surface area (TPSA) is 79.6 Å². The van der Waals surface area contributed by atoms with E-state index in [0.29, 0.717) is 11.3 Å². The van der Waals surface area contributed by atoms with Crippen molar-refractivity contribution in [3.05, 3.63) is 64.8 Å². The molecule has 0 saturated carbocycles. The predicted molar refractivity (Wildman–Crippen MR) is 95.1 cm³/mol. The summed E-state index contributed by atoms with van der Waals surface area (Å²) in [6.45, 7) is 2.02. The first-order valence-corrected chi connectivity index (χ1v) is 8.21. The predicted octanol–water partition coefficient (Wildman–Crippen LogP) is 1.94. The zero-order valence-corrected chi connectivity index (χ0v) is 13.6. The highest BCUT2D eigenvalue weighted by atomic mass is 16.2. The van der Waals surface area contributed by atoms with Gasteiger partial charge in [-0.2, -0.15) is 0 Å². The van der Waals surface area contributed by atoms with Crippen molar-refractivity contribution in [1.29, 1.82) is 0 Å². The van der Waals surface area contributed by atoms with Crippen LogP contribution in [0.1, 0.15) is 23.2 Å². The first-order chi connectivity index (χ1) is 12.2. The Morgan fingerprint density at radius 2 is 1.88 bits per heavy atom. The van der Waals surface area contributed by atoms with Gasteiger partial charge in [0.05, 0.1) is 11.9 Å². The van der Waals surface area contributed by atoms with Gasteiger partial charge in [0.25, 0.3) is 11.5 Å². The highest BCUT2D eigenvalue weighted by Crippen LogP contribution is 2.19. The fraction of sp³-hybridized carbons (Fsp3) is 0.222. The molecule has 1 N–H and O–H groups in total. The van der Waals surface area contributed by atoms with E-state index in [2.05, 4.69) is 20.2 Å². The lowest BCUT2D eigenvalue weighted by Crippen LogP contribution is -2.26. The fourth-order valence-electron chi connectivity index (χ4n) is 2.97. The maximum atomic E-state index is 12.4. The summed E-state index contributed by atoms with van der Waals surface area (Å²) in [7, 11) is 0. The highest BCUT2D eigenvalue weighted by Gasteiger charge is 2.15. The molecular formula is C18H17N5O2. The average molecular weight is 335 g/mol. The van der Waals surface area contributed by atoms with Crippen molar-refractivity contribution >= 4 is 23.1 Å². The van der Waals surface area contributed by atoms with E-state index in [4.69, 9.17) is 0 Å². The van der Waals surface area contributed by atoms with E-state index in [1.807, 2.05) is 6.07 Å². The number of carbonyl (C=O) groups is 1. The maximum absolute atomic E-state index is 12.4. The summed E-state index contributed by atoms with van der Waals surface area (Å²) in [5, 5.41) is 2.71. The van der Waals surface area contributed by atoms with Crippen molar-refractivity contribution in [2.75, 3.05) is 23.3 Å². The second-order valence-corrected chi connectivity index (χ2v) is 5.96. The first kappa shape index (κ1) is 15.3. The van der Waals surface area contributed by atoms with E-state index in [0.717, 1.165) is 18.9 Å². The van der Waals surface area contributed by atoms with E-state index < -0.39 is 11.5 Å². The molecule has 1 fully saturated rings. The van der Waals surface area contributed by atoms with Crippen LogP contribution in [-0.2, 0) is 0 Å². The molecule has 7 heteroatoms. The molecule has 1 saturated heterocycles. The van der Waals surface area contributed by atoms with Crippen molar-refractivity contribution in [3.63, 3.8) is 0 Å². The second-order valence-electron chi connectivity index (χ2n) is 5.96. The molecule has 7 nitrogen and oxygen atoms in total. The monoisotopic (exact) mass is 335 g/mol. The van der Waals surface area contributed by atoms with Gasteiger partial charge in [0.2, 0.25) is 0 Å². The summed E-state index contributed by atoms with van der Waals surface area (Å²) in [5.74, 6) is 0.411. The van der Waals surface area contributed by atoms with Gasteiger partial charge in [0, 0.05) is 25.5 Å². The quantitative estimate of drug-likeness (QED) is 0.791. The van der Waals surface area contributed by atoms with Crippen LogP contribution in [0.3, 0.4) is 0 Å². The Kier molecular flexibility index (Phi) is 3.89. The van der Waals surface area contributed by atoms with Crippen molar-refractivity contribution < 1.29 is 4.79 Å². The molecule has 1 aliphatic heterocycles. The third kappa shape index (κ3) is 2.96. The van der Waals surface area contributed by atoms with Crippen LogP contribution in [0.5, 0.6) is 0 Å². The van der Waals surface area contributed by atoms with E-state index in [1.54, 1.807) is 36.7 Å². The van der Waals surface area contributed by atoms with Crippen molar-refractivity contribution in [3.8, 4) is 0 Å². The average Bonchev–Trinajstić information content (AvgIpc) is 3.17. The van der Waals surface area contributed by atoms with Crippen LogP contribution in [-0.4, -0.2) is 33.4 Å². The van der Waals surface area contributed by atoms with Gasteiger partial charge in [-0.15, -0.1) is 0 Å². The van der Waals surface area contributed by atoms with Crippen molar-refractivity contribution in [1.82, 2.24) is 14.4 Å². The molecule has 0 bridgehead atoms. The molecule has 1 amide bonds. The Balaban J connectivity index is 1.55. The molecular weight excluding hydrogens is 318 g/mol. The summed E-state index contributed by atoms with van der Waals surface area (Å²) in [6, 6.07) is 8.90. The number of hydrogen-bond acceptors (Lipinski definition) is 5. The smallest absolute Gasteiger partial charge is 0.270 e. The lowest BCUT2D eigenvalue weighted by atomic mass is 10.3. The number of hydrogen-bond donors (Lipinski definition) is 1. The van der Waals surface area contributed by atoms with Crippen LogP contribution in [0, 0.1) is 0 Å². The van der Waals surface area contributed by atoms with E-state index in [9.17, 15) is 9.59 Å². The molecule has 3 aromatic rings. The number of anilines is 2. The summed E-state index contributed by atoms with van der Waals surface area (Å²) >= 11 is 0. The summed E-state index contributed by atoms with van der Waals surface area (Å²) in [4.78, 5) is 35.6. The number of rotatable bonds is 3. The zero-order chi connectivity index (χ0) is 17.2. The third-order valence-electron chi connectivity index (χ3n) is 4.29. The summed E-state index contributed by atoms with van der Waals surface area (Å²) in [5.41, 5.74) is 0.642. The highest BCUT2D eigenvalue weighted by molar-refractivity contribution is 6.03. The van der Waals surface area contributed by atoms with Gasteiger partial charge in [-0.1, -0.05) is 6.07 Å². The maximum Gasteiger partial charge on any atom is 0.270 e. The Hall–Kier alpha value is -3.22. The third-order valence-corrected chi connectivity index (χ3v) is 4.29. The van der Waals surface area contributed by atoms with Crippen molar-refractivity contribution in [2.45, 2.75) is 12.8 Å².